The molecular formula is C13H8N3O. The van der Waals surface area contributed by atoms with Gasteiger partial charge >= 0.3 is 0 Å². The molecule has 0 fully saturated rings. The molecule has 0 aliphatic heterocycles. The summed E-state index contributed by atoms with van der Waals surface area (Å²) in [5.74, 6) is 0. The van der Waals surface area contributed by atoms with E-state index in [2.05, 4.69) is 21.5 Å². The first-order chi connectivity index (χ1) is 8.31. The van der Waals surface area contributed by atoms with Gasteiger partial charge < -0.3 is 4.98 Å². The second-order valence-corrected chi connectivity index (χ2v) is 3.69. The van der Waals surface area contributed by atoms with Crippen LogP contribution >= 0.6 is 0 Å². The molecule has 0 atom stereocenters. The summed E-state index contributed by atoms with van der Waals surface area (Å²) in [6, 6.07) is 7.57. The van der Waals surface area contributed by atoms with E-state index >= 15 is 0 Å². The Morgan fingerprint density at radius 3 is 3.00 bits per heavy atom. The molecular weight excluding hydrogens is 214 g/mol. The van der Waals surface area contributed by atoms with Crippen molar-refractivity contribution in [3.05, 3.63) is 42.7 Å². The average Bonchev–Trinajstić information content (AvgIpc) is 2.82. The molecule has 1 radical (unpaired) electrons. The Morgan fingerprint density at radius 1 is 1.35 bits per heavy atom. The molecule has 4 heteroatoms. The fraction of sp³-hybridized carbons (Fsp3) is 0. The number of hydrogen-bond acceptors (Lipinski definition) is 3. The van der Waals surface area contributed by atoms with Crippen LogP contribution in [0.2, 0.25) is 0 Å². The number of hydrogen-bond donors (Lipinski definition) is 1. The highest BCUT2D eigenvalue weighted by Gasteiger charge is 2.13. The third-order valence-corrected chi connectivity index (χ3v) is 2.69. The van der Waals surface area contributed by atoms with Crippen LogP contribution in [0.3, 0.4) is 0 Å². The van der Waals surface area contributed by atoms with E-state index in [4.69, 9.17) is 0 Å². The number of para-hydroxylation sites is 1. The smallest absolute Gasteiger partial charge is 0.233 e. The molecule has 2 aromatic heterocycles. The summed E-state index contributed by atoms with van der Waals surface area (Å²) in [6.07, 6.45) is 3.39. The van der Waals surface area contributed by atoms with Gasteiger partial charge in [0.05, 0.1) is 17.4 Å². The van der Waals surface area contributed by atoms with Crippen LogP contribution in [0.1, 0.15) is 5.56 Å². The summed E-state index contributed by atoms with van der Waals surface area (Å²) in [4.78, 5) is 22.3. The molecule has 0 amide bonds. The zero-order chi connectivity index (χ0) is 11.8. The molecule has 0 bridgehead atoms. The first kappa shape index (κ1) is 9.72. The van der Waals surface area contributed by atoms with Crippen LogP contribution in [0.5, 0.6) is 0 Å². The molecule has 0 aliphatic carbocycles. The lowest BCUT2D eigenvalue weighted by Gasteiger charge is -2.05. The molecule has 0 saturated carbocycles. The van der Waals surface area contributed by atoms with Crippen LogP contribution in [0, 0.1) is 0 Å². The van der Waals surface area contributed by atoms with Crippen LogP contribution < -0.4 is 0 Å². The van der Waals surface area contributed by atoms with Crippen LogP contribution in [0.15, 0.2) is 37.2 Å². The first-order valence-corrected chi connectivity index (χ1v) is 5.10. The van der Waals surface area contributed by atoms with Gasteiger partial charge in [0.2, 0.25) is 6.29 Å². The van der Waals surface area contributed by atoms with Gasteiger partial charge in [-0.05, 0) is 6.07 Å². The Morgan fingerprint density at radius 2 is 2.18 bits per heavy atom. The number of pyridine rings is 1. The molecule has 1 aromatic carbocycles. The van der Waals surface area contributed by atoms with Gasteiger partial charge in [-0.3, -0.25) is 4.79 Å². The van der Waals surface area contributed by atoms with Crippen LogP contribution in [0.25, 0.3) is 27.6 Å². The number of nitrogens with zero attached hydrogens (tertiary/aromatic N) is 2. The van der Waals surface area contributed by atoms with E-state index in [1.807, 2.05) is 30.6 Å². The minimum absolute atomic E-state index is 0.304. The monoisotopic (exact) mass is 222 g/mol. The maximum Gasteiger partial charge on any atom is 0.233 e. The summed E-state index contributed by atoms with van der Waals surface area (Å²) in [7, 11) is 0. The minimum Gasteiger partial charge on any atom is -0.343 e. The average molecular weight is 222 g/mol. The van der Waals surface area contributed by atoms with Crippen molar-refractivity contribution < 1.29 is 4.79 Å². The van der Waals surface area contributed by atoms with E-state index < -0.39 is 0 Å². The number of imidazole rings is 1. The van der Waals surface area contributed by atoms with Crippen molar-refractivity contribution in [2.45, 2.75) is 0 Å². The fourth-order valence-corrected chi connectivity index (χ4v) is 1.95. The summed E-state index contributed by atoms with van der Waals surface area (Å²) >= 11 is 0. The summed E-state index contributed by atoms with van der Waals surface area (Å²) in [6.45, 7) is 3.72. The number of nitrogens with one attached hydrogen (secondary N) is 1. The Hall–Kier alpha value is -2.49. The molecule has 17 heavy (non-hydrogen) atoms. The number of H-pyrrole nitrogens is 1. The van der Waals surface area contributed by atoms with Crippen LogP contribution in [-0.2, 0) is 4.79 Å². The Kier molecular flexibility index (Phi) is 2.01. The van der Waals surface area contributed by atoms with E-state index in [0.717, 1.165) is 22.0 Å². The van der Waals surface area contributed by atoms with Gasteiger partial charge in [-0.25, -0.2) is 9.97 Å². The Balaban J connectivity index is 2.56. The first-order valence-electron chi connectivity index (χ1n) is 5.10. The van der Waals surface area contributed by atoms with Gasteiger partial charge in [0, 0.05) is 16.5 Å². The molecule has 0 aliphatic rings. The van der Waals surface area contributed by atoms with E-state index in [-0.39, 0.29) is 0 Å². The van der Waals surface area contributed by atoms with Crippen molar-refractivity contribution >= 4 is 33.9 Å². The van der Waals surface area contributed by atoms with Gasteiger partial charge in [0.25, 0.3) is 0 Å². The van der Waals surface area contributed by atoms with Crippen molar-refractivity contribution in [1.29, 1.82) is 0 Å². The predicted molar refractivity (Wildman–Crippen MR) is 66.1 cm³/mol. The highest BCUT2D eigenvalue weighted by molar-refractivity contribution is 6.17. The highest BCUT2D eigenvalue weighted by atomic mass is 16.1. The lowest BCUT2D eigenvalue weighted by Crippen LogP contribution is -1.92. The van der Waals surface area contributed by atoms with Crippen molar-refractivity contribution in [3.63, 3.8) is 0 Å². The van der Waals surface area contributed by atoms with E-state index in [0.29, 0.717) is 11.2 Å². The van der Waals surface area contributed by atoms with E-state index in [9.17, 15) is 4.79 Å². The molecule has 3 aromatic rings. The normalized spacial score (nSPS) is 10.8. The molecule has 2 heterocycles. The molecule has 81 valence electrons. The van der Waals surface area contributed by atoms with Gasteiger partial charge in [0.1, 0.15) is 0 Å². The molecule has 0 saturated heterocycles. The van der Waals surface area contributed by atoms with E-state index in [1.54, 1.807) is 6.33 Å². The van der Waals surface area contributed by atoms with Crippen molar-refractivity contribution in [2.24, 2.45) is 0 Å². The van der Waals surface area contributed by atoms with Crippen molar-refractivity contribution in [3.8, 4) is 0 Å². The predicted octanol–water partition coefficient (Wildman–Crippen LogP) is 2.23. The maximum absolute atomic E-state index is 10.8. The zero-order valence-electron chi connectivity index (χ0n) is 8.90. The zero-order valence-corrected chi connectivity index (χ0v) is 8.90. The summed E-state index contributed by atoms with van der Waals surface area (Å²) in [5.41, 5.74) is 3.11. The number of carbonyl (C=O) groups excluding carboxylic acids is 1. The van der Waals surface area contributed by atoms with Crippen molar-refractivity contribution in [1.82, 2.24) is 15.0 Å². The largest absolute Gasteiger partial charge is 0.343 e. The standard InChI is InChI=1S/C13H8N3O/c1-8(6-17)11-9-4-2-3-5-10(9)16-13-12(11)14-7-15-13/h2-5,7H,1H2,(H,14,15,16). The third kappa shape index (κ3) is 1.34. The number of aromatic nitrogens is 3. The van der Waals surface area contributed by atoms with Gasteiger partial charge in [-0.15, -0.1) is 0 Å². The summed E-state index contributed by atoms with van der Waals surface area (Å²) in [5, 5.41) is 0.873. The quantitative estimate of drug-likeness (QED) is 0.676. The van der Waals surface area contributed by atoms with Crippen LogP contribution in [-0.4, -0.2) is 21.2 Å². The molecule has 0 unspecified atom stereocenters. The number of fused-ring (bicyclic) bond motifs is 2. The molecule has 3 rings (SSSR count). The van der Waals surface area contributed by atoms with Gasteiger partial charge in [-0.2, -0.15) is 0 Å². The Bertz CT molecular complexity index is 743. The molecule has 0 spiro atoms. The minimum atomic E-state index is 0.304. The lowest BCUT2D eigenvalue weighted by atomic mass is 10.0. The Labute approximate surface area is 97.0 Å². The molecule has 4 nitrogen and oxygen atoms in total. The SMILES string of the molecule is C=C([C]=O)c1c2ccccc2nc2nc[nH]c12. The second-order valence-electron chi connectivity index (χ2n) is 3.69. The number of benzene rings is 1. The lowest BCUT2D eigenvalue weighted by molar-refractivity contribution is 0.565. The summed E-state index contributed by atoms with van der Waals surface area (Å²) < 4.78 is 0. The topological polar surface area (TPSA) is 58.6 Å². The highest BCUT2D eigenvalue weighted by Crippen LogP contribution is 2.27. The van der Waals surface area contributed by atoms with Crippen LogP contribution in [0.4, 0.5) is 0 Å². The van der Waals surface area contributed by atoms with E-state index in [1.165, 1.54) is 0 Å². The second kappa shape index (κ2) is 3.52. The molecule has 1 N–H and O–H groups in total. The number of rotatable bonds is 2. The number of allylic oxidation sites excluding steroid dienone is 1. The van der Waals surface area contributed by atoms with Crippen molar-refractivity contribution in [2.75, 3.05) is 0 Å². The number of aromatic amines is 1. The third-order valence-electron chi connectivity index (χ3n) is 2.69. The van der Waals surface area contributed by atoms with Gasteiger partial charge in [0.15, 0.2) is 5.65 Å². The maximum atomic E-state index is 10.8. The van der Waals surface area contributed by atoms with Gasteiger partial charge in [-0.1, -0.05) is 24.8 Å². The fourth-order valence-electron chi connectivity index (χ4n) is 1.95.